The molecule has 3 aromatic carbocycles. The average molecular weight is 499 g/mol. The number of nitrogens with zero attached hydrogens (tertiary/aromatic N) is 5. The molecule has 1 aromatic heterocycles. The molecule has 0 spiro atoms. The Morgan fingerprint density at radius 1 is 0.784 bits per heavy atom. The molecule has 0 aliphatic heterocycles. The van der Waals surface area contributed by atoms with E-state index in [1.54, 1.807) is 4.90 Å². The molecule has 1 heterocycles. The highest BCUT2D eigenvalue weighted by Gasteiger charge is 2.28. The van der Waals surface area contributed by atoms with Crippen LogP contribution in [0.25, 0.3) is 0 Å². The van der Waals surface area contributed by atoms with Gasteiger partial charge in [-0.2, -0.15) is 0 Å². The fraction of sp³-hybridized carbons (Fsp3) is 0.0800. The maximum atomic E-state index is 12.5. The molecule has 0 unspecified atom stereocenters. The van der Waals surface area contributed by atoms with E-state index in [-0.39, 0.29) is 22.9 Å². The number of rotatable bonds is 10. The van der Waals surface area contributed by atoms with E-state index in [9.17, 15) is 25.0 Å². The lowest BCUT2D eigenvalue weighted by Crippen LogP contribution is -2.31. The van der Waals surface area contributed by atoms with Gasteiger partial charge in [-0.25, -0.2) is 9.97 Å². The van der Waals surface area contributed by atoms with Gasteiger partial charge in [0.1, 0.15) is 6.33 Å². The van der Waals surface area contributed by atoms with E-state index < -0.39 is 21.4 Å². The summed E-state index contributed by atoms with van der Waals surface area (Å²) in [6, 6.07) is 23.9. The van der Waals surface area contributed by atoms with Crippen LogP contribution >= 0.6 is 0 Å². The number of hydrogen-bond acceptors (Lipinski definition) is 9. The van der Waals surface area contributed by atoms with Gasteiger partial charge in [-0.05, 0) is 23.3 Å². The van der Waals surface area contributed by atoms with Gasteiger partial charge < -0.3 is 4.90 Å². The average Bonchev–Trinajstić information content (AvgIpc) is 2.92. The third kappa shape index (κ3) is 6.19. The predicted molar refractivity (Wildman–Crippen MR) is 136 cm³/mol. The van der Waals surface area contributed by atoms with Crippen molar-refractivity contribution >= 4 is 28.9 Å². The lowest BCUT2D eigenvalue weighted by Gasteiger charge is -2.24. The SMILES string of the molecule is O=C(NNc1ncnc(N(Cc2ccccc2)Cc2ccccc2)c1[N+](=O)[O-])c1ccc([N+](=O)[O-])cc1. The van der Waals surface area contributed by atoms with Gasteiger partial charge in [-0.3, -0.25) is 35.9 Å². The number of nitro groups is 2. The van der Waals surface area contributed by atoms with Crippen LogP contribution in [0.2, 0.25) is 0 Å². The van der Waals surface area contributed by atoms with Gasteiger partial charge in [-0.1, -0.05) is 60.7 Å². The Balaban J connectivity index is 1.62. The van der Waals surface area contributed by atoms with E-state index in [1.807, 2.05) is 60.7 Å². The number of nitrogens with one attached hydrogen (secondary N) is 2. The van der Waals surface area contributed by atoms with Gasteiger partial charge in [0.2, 0.25) is 11.6 Å². The first-order chi connectivity index (χ1) is 17.9. The molecule has 0 saturated heterocycles. The minimum absolute atomic E-state index is 0.0693. The van der Waals surface area contributed by atoms with Crippen molar-refractivity contribution in [3.05, 3.63) is 128 Å². The third-order valence-electron chi connectivity index (χ3n) is 5.35. The third-order valence-corrected chi connectivity index (χ3v) is 5.35. The smallest absolute Gasteiger partial charge is 0.342 e. The molecule has 0 atom stereocenters. The van der Waals surface area contributed by atoms with E-state index in [0.717, 1.165) is 11.1 Å². The summed E-state index contributed by atoms with van der Waals surface area (Å²) in [6.45, 7) is 0.671. The zero-order valence-electron chi connectivity index (χ0n) is 19.4. The highest BCUT2D eigenvalue weighted by molar-refractivity contribution is 5.95. The summed E-state index contributed by atoms with van der Waals surface area (Å²) in [6.07, 6.45) is 1.17. The second-order valence-electron chi connectivity index (χ2n) is 7.86. The number of carbonyl (C=O) groups is 1. The molecular formula is C25H21N7O5. The fourth-order valence-electron chi connectivity index (χ4n) is 3.60. The number of anilines is 2. The summed E-state index contributed by atoms with van der Waals surface area (Å²) in [5.41, 5.74) is 6.23. The van der Waals surface area contributed by atoms with Crippen LogP contribution in [0.4, 0.5) is 23.0 Å². The molecule has 0 fully saturated rings. The quantitative estimate of drug-likeness (QED) is 0.240. The van der Waals surface area contributed by atoms with E-state index in [2.05, 4.69) is 20.8 Å². The molecular weight excluding hydrogens is 478 g/mol. The Bertz CT molecular complexity index is 1360. The van der Waals surface area contributed by atoms with Crippen molar-refractivity contribution < 1.29 is 14.6 Å². The number of amides is 1. The Hall–Kier alpha value is -5.39. The monoisotopic (exact) mass is 499 g/mol. The largest absolute Gasteiger partial charge is 0.355 e. The van der Waals surface area contributed by atoms with Crippen LogP contribution in [-0.2, 0) is 13.1 Å². The second kappa shape index (κ2) is 11.4. The normalized spacial score (nSPS) is 10.4. The Kier molecular flexibility index (Phi) is 7.59. The second-order valence-corrected chi connectivity index (χ2v) is 7.86. The number of non-ortho nitro benzene ring substituents is 1. The van der Waals surface area contributed by atoms with E-state index in [1.165, 1.54) is 30.6 Å². The molecule has 12 nitrogen and oxygen atoms in total. The molecule has 0 radical (unpaired) electrons. The molecule has 0 aliphatic rings. The number of benzene rings is 3. The van der Waals surface area contributed by atoms with Crippen LogP contribution < -0.4 is 15.8 Å². The first kappa shape index (κ1) is 24.7. The van der Waals surface area contributed by atoms with Crippen molar-refractivity contribution in [2.45, 2.75) is 13.1 Å². The van der Waals surface area contributed by atoms with Crippen molar-refractivity contribution in [2.75, 3.05) is 10.3 Å². The molecule has 186 valence electrons. The molecule has 4 aromatic rings. The van der Waals surface area contributed by atoms with Crippen LogP contribution in [0.5, 0.6) is 0 Å². The van der Waals surface area contributed by atoms with Crippen molar-refractivity contribution in [3.8, 4) is 0 Å². The van der Waals surface area contributed by atoms with Gasteiger partial charge in [0.25, 0.3) is 11.6 Å². The molecule has 0 aliphatic carbocycles. The lowest BCUT2D eigenvalue weighted by atomic mass is 10.1. The Morgan fingerprint density at radius 2 is 1.35 bits per heavy atom. The number of aromatic nitrogens is 2. The molecule has 0 bridgehead atoms. The zero-order valence-corrected chi connectivity index (χ0v) is 19.4. The van der Waals surface area contributed by atoms with E-state index in [4.69, 9.17) is 0 Å². The van der Waals surface area contributed by atoms with Crippen LogP contribution in [0.3, 0.4) is 0 Å². The topological polar surface area (TPSA) is 156 Å². The van der Waals surface area contributed by atoms with Crippen molar-refractivity contribution in [3.63, 3.8) is 0 Å². The number of carbonyl (C=O) groups excluding carboxylic acids is 1. The van der Waals surface area contributed by atoms with Gasteiger partial charge in [-0.15, -0.1) is 0 Å². The Morgan fingerprint density at radius 3 is 1.86 bits per heavy atom. The van der Waals surface area contributed by atoms with Gasteiger partial charge in [0, 0.05) is 30.8 Å². The first-order valence-corrected chi connectivity index (χ1v) is 11.1. The predicted octanol–water partition coefficient (Wildman–Crippen LogP) is 4.26. The maximum absolute atomic E-state index is 12.5. The minimum Gasteiger partial charge on any atom is -0.342 e. The van der Waals surface area contributed by atoms with E-state index in [0.29, 0.717) is 13.1 Å². The van der Waals surface area contributed by atoms with Crippen LogP contribution in [0.15, 0.2) is 91.3 Å². The molecule has 37 heavy (non-hydrogen) atoms. The highest BCUT2D eigenvalue weighted by Crippen LogP contribution is 2.33. The zero-order chi connectivity index (χ0) is 26.2. The number of hydrazine groups is 1. The summed E-state index contributed by atoms with van der Waals surface area (Å²) in [5.74, 6) is -0.800. The van der Waals surface area contributed by atoms with Gasteiger partial charge >= 0.3 is 5.69 Å². The lowest BCUT2D eigenvalue weighted by molar-refractivity contribution is -0.384. The Labute approximate surface area is 210 Å². The molecule has 1 amide bonds. The maximum Gasteiger partial charge on any atom is 0.355 e. The summed E-state index contributed by atoms with van der Waals surface area (Å²) in [7, 11) is 0. The molecule has 0 saturated carbocycles. The fourth-order valence-corrected chi connectivity index (χ4v) is 3.60. The summed E-state index contributed by atoms with van der Waals surface area (Å²) in [5, 5.41) is 23.0. The van der Waals surface area contributed by atoms with Crippen molar-refractivity contribution in [1.29, 1.82) is 0 Å². The number of nitro benzene ring substituents is 1. The van der Waals surface area contributed by atoms with Crippen molar-refractivity contribution in [2.24, 2.45) is 0 Å². The molecule has 4 rings (SSSR count). The minimum atomic E-state index is -0.658. The highest BCUT2D eigenvalue weighted by atomic mass is 16.6. The van der Waals surface area contributed by atoms with E-state index >= 15 is 0 Å². The summed E-state index contributed by atoms with van der Waals surface area (Å²) in [4.78, 5) is 44.2. The first-order valence-electron chi connectivity index (χ1n) is 11.1. The van der Waals surface area contributed by atoms with Crippen LogP contribution in [0, 0.1) is 20.2 Å². The molecule has 12 heteroatoms. The van der Waals surface area contributed by atoms with Gasteiger partial charge in [0.15, 0.2) is 0 Å². The summed E-state index contributed by atoms with van der Waals surface area (Å²) >= 11 is 0. The van der Waals surface area contributed by atoms with Crippen LogP contribution in [-0.4, -0.2) is 25.7 Å². The molecule has 2 N–H and O–H groups in total. The van der Waals surface area contributed by atoms with Crippen LogP contribution in [0.1, 0.15) is 21.5 Å². The van der Waals surface area contributed by atoms with Crippen molar-refractivity contribution in [1.82, 2.24) is 15.4 Å². The summed E-state index contributed by atoms with van der Waals surface area (Å²) < 4.78 is 0. The van der Waals surface area contributed by atoms with Gasteiger partial charge in [0.05, 0.1) is 9.85 Å². The standard InChI is InChI=1S/C25H21N7O5/c33-25(20-11-13-21(14-12-20)31(34)35)29-28-23-22(32(36)37)24(27-17-26-23)30(15-18-7-3-1-4-8-18)16-19-9-5-2-6-10-19/h1-14,17H,15-16H2,(H,29,33)(H,26,27,28). The number of hydrogen-bond donors (Lipinski definition) is 2.